The highest BCUT2D eigenvalue weighted by Gasteiger charge is 2.27. The highest BCUT2D eigenvalue weighted by atomic mass is 16.5. The largest absolute Gasteiger partial charge is 0.339 e. The van der Waals surface area contributed by atoms with Gasteiger partial charge in [-0.15, -0.1) is 0 Å². The lowest BCUT2D eigenvalue weighted by molar-refractivity contribution is 0.349. The lowest BCUT2D eigenvalue weighted by atomic mass is 10.1. The van der Waals surface area contributed by atoms with Gasteiger partial charge in [0.2, 0.25) is 5.89 Å². The Bertz CT molecular complexity index is 554. The first kappa shape index (κ1) is 13.3. The number of rotatable bonds is 5. The van der Waals surface area contributed by atoms with Crippen LogP contribution in [0.5, 0.6) is 0 Å². The Morgan fingerprint density at radius 2 is 2.00 bits per heavy atom. The molecule has 4 heteroatoms. The van der Waals surface area contributed by atoms with Crippen LogP contribution >= 0.6 is 0 Å². The number of fused-ring (bicyclic) bond motifs is 1. The number of likely N-dealkylation sites (N-methyl/N-ethyl adjacent to an activating group) is 1. The van der Waals surface area contributed by atoms with Gasteiger partial charge in [0.05, 0.1) is 0 Å². The number of aromatic nitrogens is 2. The molecule has 1 N–H and O–H groups in total. The fourth-order valence-electron chi connectivity index (χ4n) is 2.80. The van der Waals surface area contributed by atoms with Crippen molar-refractivity contribution in [1.29, 1.82) is 0 Å². The molecule has 3 rings (SSSR count). The van der Waals surface area contributed by atoms with Crippen LogP contribution in [0.3, 0.4) is 0 Å². The van der Waals surface area contributed by atoms with E-state index in [1.807, 2.05) is 0 Å². The molecule has 1 aliphatic rings. The smallest absolute Gasteiger partial charge is 0.230 e. The van der Waals surface area contributed by atoms with Crippen LogP contribution in [-0.2, 0) is 12.8 Å². The van der Waals surface area contributed by atoms with Crippen LogP contribution in [0.2, 0.25) is 0 Å². The van der Waals surface area contributed by atoms with Gasteiger partial charge in [-0.05, 0) is 30.5 Å². The van der Waals surface area contributed by atoms with Crippen LogP contribution in [0, 0.1) is 0 Å². The second-order valence-corrected chi connectivity index (χ2v) is 5.57. The predicted octanol–water partition coefficient (Wildman–Crippen LogP) is 2.67. The molecule has 4 nitrogen and oxygen atoms in total. The van der Waals surface area contributed by atoms with Crippen LogP contribution in [0.1, 0.15) is 48.5 Å². The van der Waals surface area contributed by atoms with Crippen LogP contribution in [0.25, 0.3) is 0 Å². The van der Waals surface area contributed by atoms with Gasteiger partial charge in [-0.25, -0.2) is 0 Å². The van der Waals surface area contributed by atoms with E-state index in [0.717, 1.165) is 37.6 Å². The molecule has 0 radical (unpaired) electrons. The molecule has 0 bridgehead atoms. The number of nitrogens with one attached hydrogen (secondary N) is 1. The summed E-state index contributed by atoms with van der Waals surface area (Å²) in [7, 11) is 0. The summed E-state index contributed by atoms with van der Waals surface area (Å²) in [5.74, 6) is 2.24. The molecule has 0 saturated heterocycles. The minimum Gasteiger partial charge on any atom is -0.339 e. The van der Waals surface area contributed by atoms with E-state index in [1.54, 1.807) is 0 Å². The van der Waals surface area contributed by atoms with Gasteiger partial charge >= 0.3 is 0 Å². The van der Waals surface area contributed by atoms with Gasteiger partial charge in [-0.3, -0.25) is 0 Å². The third-order valence-electron chi connectivity index (χ3n) is 4.00. The standard InChI is InChI=1S/C16H21N3O/c1-3-17-10-11(2)16-18-15(19-20-16)14-8-12-6-4-5-7-13(12)9-14/h4-7,11,14,17H,3,8-10H2,1-2H3. The SMILES string of the molecule is CCNCC(C)c1nc(C2Cc3ccccc3C2)no1. The summed E-state index contributed by atoms with van der Waals surface area (Å²) < 4.78 is 5.43. The Kier molecular flexibility index (Phi) is 3.83. The highest BCUT2D eigenvalue weighted by Crippen LogP contribution is 2.32. The minimum atomic E-state index is 0.264. The van der Waals surface area contributed by atoms with Gasteiger partial charge in [0, 0.05) is 18.4 Å². The molecular formula is C16H21N3O. The average Bonchev–Trinajstić information content (AvgIpc) is 3.10. The van der Waals surface area contributed by atoms with Gasteiger partial charge in [0.1, 0.15) is 0 Å². The molecule has 2 aromatic rings. The van der Waals surface area contributed by atoms with Crippen molar-refractivity contribution in [2.75, 3.05) is 13.1 Å². The zero-order chi connectivity index (χ0) is 13.9. The monoisotopic (exact) mass is 271 g/mol. The van der Waals surface area contributed by atoms with Crippen molar-refractivity contribution in [3.05, 3.63) is 47.1 Å². The van der Waals surface area contributed by atoms with E-state index in [1.165, 1.54) is 11.1 Å². The molecule has 1 aromatic heterocycles. The van der Waals surface area contributed by atoms with Gasteiger partial charge in [-0.1, -0.05) is 43.3 Å². The van der Waals surface area contributed by atoms with Crippen LogP contribution in [-0.4, -0.2) is 23.2 Å². The van der Waals surface area contributed by atoms with Gasteiger partial charge in [0.25, 0.3) is 0 Å². The van der Waals surface area contributed by atoms with Crippen LogP contribution in [0.4, 0.5) is 0 Å². The number of benzene rings is 1. The first-order valence-corrected chi connectivity index (χ1v) is 7.39. The summed E-state index contributed by atoms with van der Waals surface area (Å²) in [5.41, 5.74) is 2.84. The number of hydrogen-bond acceptors (Lipinski definition) is 4. The predicted molar refractivity (Wildman–Crippen MR) is 77.8 cm³/mol. The van der Waals surface area contributed by atoms with Crippen LogP contribution < -0.4 is 5.32 Å². The Morgan fingerprint density at radius 1 is 1.30 bits per heavy atom. The molecule has 1 aromatic carbocycles. The number of nitrogens with zero attached hydrogens (tertiary/aromatic N) is 2. The van der Waals surface area contributed by atoms with Crippen LogP contribution in [0.15, 0.2) is 28.8 Å². The van der Waals surface area contributed by atoms with E-state index in [9.17, 15) is 0 Å². The summed E-state index contributed by atoms with van der Waals surface area (Å²) in [4.78, 5) is 4.61. The molecule has 106 valence electrons. The maximum Gasteiger partial charge on any atom is 0.230 e. The quantitative estimate of drug-likeness (QED) is 0.908. The molecule has 1 unspecified atom stereocenters. The Hall–Kier alpha value is -1.68. The Balaban J connectivity index is 1.69. The second-order valence-electron chi connectivity index (χ2n) is 5.57. The zero-order valence-electron chi connectivity index (χ0n) is 12.1. The van der Waals surface area contributed by atoms with E-state index < -0.39 is 0 Å². The molecule has 0 amide bonds. The maximum atomic E-state index is 5.43. The van der Waals surface area contributed by atoms with Crippen molar-refractivity contribution in [3.8, 4) is 0 Å². The third kappa shape index (κ3) is 2.61. The Labute approximate surface area is 119 Å². The highest BCUT2D eigenvalue weighted by molar-refractivity contribution is 5.34. The summed E-state index contributed by atoms with van der Waals surface area (Å²) in [5, 5.41) is 7.51. The van der Waals surface area contributed by atoms with E-state index in [2.05, 4.69) is 53.6 Å². The molecular weight excluding hydrogens is 250 g/mol. The maximum absolute atomic E-state index is 5.43. The third-order valence-corrected chi connectivity index (χ3v) is 4.00. The van der Waals surface area contributed by atoms with Gasteiger partial charge in [-0.2, -0.15) is 4.98 Å². The molecule has 20 heavy (non-hydrogen) atoms. The van der Waals surface area contributed by atoms with Gasteiger partial charge in [0.15, 0.2) is 5.82 Å². The van der Waals surface area contributed by atoms with E-state index >= 15 is 0 Å². The minimum absolute atomic E-state index is 0.264. The zero-order valence-corrected chi connectivity index (χ0v) is 12.1. The first-order chi connectivity index (χ1) is 9.78. The van der Waals surface area contributed by atoms with Crippen molar-refractivity contribution in [2.24, 2.45) is 0 Å². The molecule has 0 aliphatic heterocycles. The summed E-state index contributed by atoms with van der Waals surface area (Å²) >= 11 is 0. The molecule has 1 aliphatic carbocycles. The van der Waals surface area contributed by atoms with Crippen molar-refractivity contribution in [1.82, 2.24) is 15.5 Å². The summed E-state index contributed by atoms with van der Waals surface area (Å²) in [6.45, 7) is 6.05. The number of hydrogen-bond donors (Lipinski definition) is 1. The summed E-state index contributed by atoms with van der Waals surface area (Å²) in [6.07, 6.45) is 2.05. The van der Waals surface area contributed by atoms with E-state index in [-0.39, 0.29) is 5.92 Å². The molecule has 0 saturated carbocycles. The van der Waals surface area contributed by atoms with E-state index in [0.29, 0.717) is 5.92 Å². The fourth-order valence-corrected chi connectivity index (χ4v) is 2.80. The molecule has 1 heterocycles. The topological polar surface area (TPSA) is 51.0 Å². The van der Waals surface area contributed by atoms with Crippen molar-refractivity contribution >= 4 is 0 Å². The second kappa shape index (κ2) is 5.75. The lowest BCUT2D eigenvalue weighted by Crippen LogP contribution is -2.19. The fraction of sp³-hybridized carbons (Fsp3) is 0.500. The summed E-state index contributed by atoms with van der Waals surface area (Å²) in [6, 6.07) is 8.59. The molecule has 0 fully saturated rings. The van der Waals surface area contributed by atoms with Crippen molar-refractivity contribution in [2.45, 2.75) is 38.5 Å². The lowest BCUT2D eigenvalue weighted by Gasteiger charge is -2.06. The van der Waals surface area contributed by atoms with Crippen molar-refractivity contribution in [3.63, 3.8) is 0 Å². The average molecular weight is 271 g/mol. The normalized spacial score (nSPS) is 16.3. The van der Waals surface area contributed by atoms with Gasteiger partial charge < -0.3 is 9.84 Å². The van der Waals surface area contributed by atoms with E-state index in [4.69, 9.17) is 4.52 Å². The van der Waals surface area contributed by atoms with Crippen molar-refractivity contribution < 1.29 is 4.52 Å². The first-order valence-electron chi connectivity index (χ1n) is 7.39. The Morgan fingerprint density at radius 3 is 2.65 bits per heavy atom. The molecule has 1 atom stereocenters. The molecule has 0 spiro atoms.